The van der Waals surface area contributed by atoms with Crippen LogP contribution in [0.4, 0.5) is 0 Å². The van der Waals surface area contributed by atoms with Crippen LogP contribution in [0, 0.1) is 0 Å². The zero-order chi connectivity index (χ0) is 16.2. The fourth-order valence-corrected chi connectivity index (χ4v) is 5.70. The number of carbonyl (C=O) groups is 1. The van der Waals surface area contributed by atoms with Crippen LogP contribution in [-0.4, -0.2) is 40.2 Å². The van der Waals surface area contributed by atoms with Gasteiger partial charge >= 0.3 is 0 Å². The number of nitrogens with one attached hydrogen (secondary N) is 3. The maximum atomic E-state index is 12.6. The second kappa shape index (κ2) is 8.41. The van der Waals surface area contributed by atoms with Gasteiger partial charge in [0.05, 0.1) is 0 Å². The quantitative estimate of drug-likeness (QED) is 0.675. The van der Waals surface area contributed by atoms with Gasteiger partial charge in [0.25, 0.3) is 0 Å². The first-order valence-corrected chi connectivity index (χ1v) is 10.6. The summed E-state index contributed by atoms with van der Waals surface area (Å²) >= 11 is 8.16. The monoisotopic (exact) mass is 359 g/mol. The van der Waals surface area contributed by atoms with E-state index in [1.807, 2.05) is 0 Å². The molecule has 23 heavy (non-hydrogen) atoms. The van der Waals surface area contributed by atoms with Crippen LogP contribution in [0.2, 0.25) is 0 Å². The average molecular weight is 360 g/mol. The molecule has 2 aliphatic carbocycles. The third kappa shape index (κ3) is 4.77. The summed E-state index contributed by atoms with van der Waals surface area (Å²) in [7, 11) is 0. The Morgan fingerprint density at radius 1 is 1.09 bits per heavy atom. The van der Waals surface area contributed by atoms with E-state index in [4.69, 9.17) is 11.6 Å². The standard InChI is InChI=1S/C17H30ClN3OS/c1-11-15(16(22)20-12-7-3-2-4-8-12)23-17(19-11)21-14-10-6-5-9-13(14)18/h11-15,17,19,21H,2-10H2,1H3,(H,20,22). The van der Waals surface area contributed by atoms with Gasteiger partial charge in [-0.1, -0.05) is 32.1 Å². The summed E-state index contributed by atoms with van der Waals surface area (Å²) in [6.45, 7) is 2.11. The molecular weight excluding hydrogens is 330 g/mol. The first-order chi connectivity index (χ1) is 11.1. The average Bonchev–Trinajstić information content (AvgIpc) is 2.91. The van der Waals surface area contributed by atoms with Gasteiger partial charge in [-0.05, 0) is 32.6 Å². The Labute approximate surface area is 149 Å². The van der Waals surface area contributed by atoms with Crippen LogP contribution in [0.15, 0.2) is 0 Å². The number of amides is 1. The fourth-order valence-electron chi connectivity index (χ4n) is 4.00. The fraction of sp³-hybridized carbons (Fsp3) is 0.941. The molecule has 132 valence electrons. The summed E-state index contributed by atoms with van der Waals surface area (Å²) < 4.78 is 0. The van der Waals surface area contributed by atoms with E-state index in [1.165, 1.54) is 32.1 Å². The van der Waals surface area contributed by atoms with Crippen LogP contribution in [0.5, 0.6) is 0 Å². The molecule has 3 N–H and O–H groups in total. The third-order valence-electron chi connectivity index (χ3n) is 5.41. The van der Waals surface area contributed by atoms with Gasteiger partial charge in [0, 0.05) is 23.5 Å². The number of hydrogen-bond acceptors (Lipinski definition) is 4. The topological polar surface area (TPSA) is 53.2 Å². The smallest absolute Gasteiger partial charge is 0.235 e. The lowest BCUT2D eigenvalue weighted by Crippen LogP contribution is -2.49. The van der Waals surface area contributed by atoms with Crippen molar-refractivity contribution >= 4 is 29.3 Å². The molecule has 5 unspecified atom stereocenters. The Hall–Kier alpha value is 0.0300. The molecule has 2 saturated carbocycles. The number of thioether (sulfide) groups is 1. The molecule has 1 saturated heterocycles. The summed E-state index contributed by atoms with van der Waals surface area (Å²) in [5, 5.41) is 10.6. The summed E-state index contributed by atoms with van der Waals surface area (Å²) in [6.07, 6.45) is 10.8. The second-order valence-electron chi connectivity index (χ2n) is 7.31. The van der Waals surface area contributed by atoms with Crippen LogP contribution < -0.4 is 16.0 Å². The first kappa shape index (κ1) is 17.8. The lowest BCUT2D eigenvalue weighted by atomic mass is 9.95. The number of halogens is 1. The molecule has 5 atom stereocenters. The minimum absolute atomic E-state index is 0.00760. The van der Waals surface area contributed by atoms with Crippen LogP contribution in [0.25, 0.3) is 0 Å². The summed E-state index contributed by atoms with van der Waals surface area (Å²) in [5.74, 6) is 0.206. The Bertz CT molecular complexity index is 405. The molecule has 6 heteroatoms. The largest absolute Gasteiger partial charge is 0.352 e. The van der Waals surface area contributed by atoms with E-state index >= 15 is 0 Å². The van der Waals surface area contributed by atoms with E-state index in [0.29, 0.717) is 12.1 Å². The molecular formula is C17H30ClN3OS. The number of carbonyl (C=O) groups excluding carboxylic acids is 1. The van der Waals surface area contributed by atoms with E-state index < -0.39 is 0 Å². The van der Waals surface area contributed by atoms with Crippen LogP contribution in [0.1, 0.15) is 64.7 Å². The minimum atomic E-state index is -0.00760. The highest BCUT2D eigenvalue weighted by atomic mass is 35.5. The highest BCUT2D eigenvalue weighted by molar-refractivity contribution is 8.01. The van der Waals surface area contributed by atoms with Crippen molar-refractivity contribution in [3.8, 4) is 0 Å². The molecule has 1 amide bonds. The van der Waals surface area contributed by atoms with Crippen molar-refractivity contribution in [3.05, 3.63) is 0 Å². The van der Waals surface area contributed by atoms with Gasteiger partial charge in [-0.25, -0.2) is 0 Å². The molecule has 0 aromatic heterocycles. The Balaban J connectivity index is 1.48. The second-order valence-corrected chi connectivity index (χ2v) is 9.12. The summed E-state index contributed by atoms with van der Waals surface area (Å²) in [5.41, 5.74) is 0.136. The Morgan fingerprint density at radius 3 is 2.52 bits per heavy atom. The maximum Gasteiger partial charge on any atom is 0.235 e. The van der Waals surface area contributed by atoms with Crippen molar-refractivity contribution in [2.24, 2.45) is 0 Å². The van der Waals surface area contributed by atoms with Gasteiger partial charge in [0.15, 0.2) is 0 Å². The van der Waals surface area contributed by atoms with E-state index in [-0.39, 0.29) is 28.1 Å². The van der Waals surface area contributed by atoms with Crippen molar-refractivity contribution < 1.29 is 4.79 Å². The molecule has 3 fully saturated rings. The lowest BCUT2D eigenvalue weighted by Gasteiger charge is -2.30. The van der Waals surface area contributed by atoms with Crippen molar-refractivity contribution in [1.29, 1.82) is 0 Å². The zero-order valence-corrected chi connectivity index (χ0v) is 15.6. The van der Waals surface area contributed by atoms with Gasteiger partial charge < -0.3 is 5.32 Å². The molecule has 4 nitrogen and oxygen atoms in total. The zero-order valence-electron chi connectivity index (χ0n) is 14.0. The van der Waals surface area contributed by atoms with Crippen LogP contribution >= 0.6 is 23.4 Å². The maximum absolute atomic E-state index is 12.6. The number of hydrogen-bond donors (Lipinski definition) is 3. The summed E-state index contributed by atoms with van der Waals surface area (Å²) in [4.78, 5) is 12.6. The van der Waals surface area contributed by atoms with Crippen molar-refractivity contribution in [2.45, 2.75) is 99.0 Å². The summed E-state index contributed by atoms with van der Waals surface area (Å²) in [6, 6.07) is 0.947. The van der Waals surface area contributed by atoms with E-state index in [2.05, 4.69) is 22.9 Å². The molecule has 0 aromatic carbocycles. The third-order valence-corrected chi connectivity index (χ3v) is 7.39. The van der Waals surface area contributed by atoms with Crippen molar-refractivity contribution in [3.63, 3.8) is 0 Å². The van der Waals surface area contributed by atoms with Crippen molar-refractivity contribution in [2.75, 3.05) is 0 Å². The highest BCUT2D eigenvalue weighted by Crippen LogP contribution is 2.30. The normalized spacial score (nSPS) is 39.3. The minimum Gasteiger partial charge on any atom is -0.352 e. The molecule has 0 bridgehead atoms. The molecule has 3 aliphatic rings. The number of rotatable bonds is 4. The van der Waals surface area contributed by atoms with Gasteiger partial charge in [0.1, 0.15) is 10.7 Å². The molecule has 3 rings (SSSR count). The van der Waals surface area contributed by atoms with Gasteiger partial charge in [-0.3, -0.25) is 15.4 Å². The molecule has 1 heterocycles. The van der Waals surface area contributed by atoms with Gasteiger partial charge in [-0.2, -0.15) is 0 Å². The highest BCUT2D eigenvalue weighted by Gasteiger charge is 2.38. The van der Waals surface area contributed by atoms with Gasteiger partial charge in [-0.15, -0.1) is 23.4 Å². The molecule has 0 radical (unpaired) electrons. The first-order valence-electron chi connectivity index (χ1n) is 9.25. The van der Waals surface area contributed by atoms with E-state index in [0.717, 1.165) is 25.7 Å². The predicted octanol–water partition coefficient (Wildman–Crippen LogP) is 2.95. The van der Waals surface area contributed by atoms with E-state index in [1.54, 1.807) is 11.8 Å². The molecule has 0 spiro atoms. The molecule has 0 aromatic rings. The number of alkyl halides is 1. The molecule has 1 aliphatic heterocycles. The predicted molar refractivity (Wildman–Crippen MR) is 97.8 cm³/mol. The van der Waals surface area contributed by atoms with Gasteiger partial charge in [0.2, 0.25) is 5.91 Å². The van der Waals surface area contributed by atoms with Crippen molar-refractivity contribution in [1.82, 2.24) is 16.0 Å². The lowest BCUT2D eigenvalue weighted by molar-refractivity contribution is -0.121. The Morgan fingerprint density at radius 2 is 1.78 bits per heavy atom. The van der Waals surface area contributed by atoms with E-state index in [9.17, 15) is 4.79 Å². The SMILES string of the molecule is CC1NC(NC2CCCCC2Cl)SC1C(=O)NC1CCCCC1. The van der Waals surface area contributed by atoms with Crippen LogP contribution in [0.3, 0.4) is 0 Å². The Kier molecular flexibility index (Phi) is 6.53. The van der Waals surface area contributed by atoms with Crippen LogP contribution in [-0.2, 0) is 4.79 Å².